The van der Waals surface area contributed by atoms with E-state index < -0.39 is 11.9 Å². The molecule has 0 atom stereocenters. The van der Waals surface area contributed by atoms with Gasteiger partial charge in [0.05, 0.1) is 27.1 Å². The number of carbonyl (C=O) groups is 3. The van der Waals surface area contributed by atoms with Crippen LogP contribution in [0.5, 0.6) is 0 Å². The van der Waals surface area contributed by atoms with Crippen molar-refractivity contribution in [1.82, 2.24) is 4.98 Å². The first-order valence-electron chi connectivity index (χ1n) is 12.3. The molecule has 1 amide bonds. The lowest BCUT2D eigenvalue weighted by Crippen LogP contribution is -2.16. The van der Waals surface area contributed by atoms with Crippen LogP contribution in [-0.4, -0.2) is 33.5 Å². The van der Waals surface area contributed by atoms with Gasteiger partial charge in [0.25, 0.3) is 5.91 Å². The summed E-state index contributed by atoms with van der Waals surface area (Å²) >= 11 is 2.86. The molecule has 3 aromatic carbocycles. The van der Waals surface area contributed by atoms with Gasteiger partial charge in [0, 0.05) is 11.3 Å². The highest BCUT2D eigenvalue weighted by molar-refractivity contribution is 8.01. The summed E-state index contributed by atoms with van der Waals surface area (Å²) in [6.07, 6.45) is 6.38. The van der Waals surface area contributed by atoms with E-state index in [0.717, 1.165) is 20.1 Å². The number of hydrogen-bond donors (Lipinski definition) is 2. The maximum absolute atomic E-state index is 12.8. The summed E-state index contributed by atoms with van der Waals surface area (Å²) in [6, 6.07) is 19.6. The number of rotatable bonds is 8. The van der Waals surface area contributed by atoms with Crippen LogP contribution in [0.15, 0.2) is 71.1 Å². The number of ketones is 1. The van der Waals surface area contributed by atoms with Crippen molar-refractivity contribution in [3.63, 3.8) is 0 Å². The third-order valence-corrected chi connectivity index (χ3v) is 8.83. The highest BCUT2D eigenvalue weighted by atomic mass is 32.2. The van der Waals surface area contributed by atoms with Crippen LogP contribution < -0.4 is 5.32 Å². The number of thiazole rings is 1. The smallest absolute Gasteiger partial charge is 0.336 e. The molecular formula is C29H26N2O4S2. The molecule has 1 aromatic heterocycles. The summed E-state index contributed by atoms with van der Waals surface area (Å²) in [5, 5.41) is 12.1. The minimum atomic E-state index is -1.15. The molecule has 1 aliphatic rings. The minimum Gasteiger partial charge on any atom is -0.478 e. The molecule has 0 aliphatic heterocycles. The van der Waals surface area contributed by atoms with Gasteiger partial charge in [-0.25, -0.2) is 9.78 Å². The number of nitrogens with one attached hydrogen (secondary N) is 1. The molecule has 1 fully saturated rings. The fourth-order valence-corrected chi connectivity index (χ4v) is 6.70. The number of carbonyl (C=O) groups excluding carboxylic acids is 2. The fraction of sp³-hybridized carbons (Fsp3) is 0.241. The molecule has 1 saturated carbocycles. The second kappa shape index (κ2) is 11.3. The molecule has 5 rings (SSSR count). The molecule has 188 valence electrons. The Kier molecular flexibility index (Phi) is 7.67. The van der Waals surface area contributed by atoms with E-state index in [-0.39, 0.29) is 16.9 Å². The Balaban J connectivity index is 1.22. The first kappa shape index (κ1) is 25.2. The van der Waals surface area contributed by atoms with Crippen molar-refractivity contribution in [1.29, 1.82) is 0 Å². The average Bonchev–Trinajstić information content (AvgIpc) is 3.34. The van der Waals surface area contributed by atoms with Gasteiger partial charge in [0.15, 0.2) is 10.1 Å². The number of nitrogens with zero attached hydrogens (tertiary/aromatic N) is 1. The number of aromatic carboxylic acids is 1. The molecule has 8 heteroatoms. The van der Waals surface area contributed by atoms with Crippen molar-refractivity contribution in [3.8, 4) is 0 Å². The van der Waals surface area contributed by atoms with E-state index in [2.05, 4.69) is 22.4 Å². The van der Waals surface area contributed by atoms with Crippen LogP contribution in [-0.2, 0) is 0 Å². The Morgan fingerprint density at radius 2 is 1.68 bits per heavy atom. The first-order valence-corrected chi connectivity index (χ1v) is 14.1. The highest BCUT2D eigenvalue weighted by Gasteiger charge is 2.18. The van der Waals surface area contributed by atoms with Crippen molar-refractivity contribution in [3.05, 3.63) is 89.0 Å². The minimum absolute atomic E-state index is 0.0501. The van der Waals surface area contributed by atoms with E-state index in [1.165, 1.54) is 72.9 Å². The van der Waals surface area contributed by atoms with Gasteiger partial charge >= 0.3 is 5.97 Å². The van der Waals surface area contributed by atoms with Gasteiger partial charge in [-0.1, -0.05) is 67.4 Å². The van der Waals surface area contributed by atoms with Crippen molar-refractivity contribution < 1.29 is 19.5 Å². The molecule has 0 spiro atoms. The van der Waals surface area contributed by atoms with Crippen LogP contribution in [0, 0.1) is 0 Å². The van der Waals surface area contributed by atoms with E-state index in [9.17, 15) is 19.5 Å². The number of fused-ring (bicyclic) bond motifs is 1. The molecule has 1 heterocycles. The SMILES string of the molecule is O=C(CSc1nc2ccc(NC(=O)c3ccccc3C(=O)O)cc2s1)c1ccc(C2CCCCC2)cc1. The van der Waals surface area contributed by atoms with E-state index in [1.807, 2.05) is 18.2 Å². The van der Waals surface area contributed by atoms with Gasteiger partial charge in [0.1, 0.15) is 0 Å². The monoisotopic (exact) mass is 530 g/mol. The van der Waals surface area contributed by atoms with E-state index >= 15 is 0 Å². The van der Waals surface area contributed by atoms with Gasteiger partial charge in [-0.2, -0.15) is 0 Å². The van der Waals surface area contributed by atoms with E-state index in [4.69, 9.17) is 0 Å². The van der Waals surface area contributed by atoms with Gasteiger partial charge in [-0.05, 0) is 54.7 Å². The summed E-state index contributed by atoms with van der Waals surface area (Å²) in [4.78, 5) is 41.5. The van der Waals surface area contributed by atoms with Crippen LogP contribution in [0.2, 0.25) is 0 Å². The molecule has 6 nitrogen and oxygen atoms in total. The summed E-state index contributed by atoms with van der Waals surface area (Å²) in [6.45, 7) is 0. The van der Waals surface area contributed by atoms with Crippen LogP contribution in [0.3, 0.4) is 0 Å². The van der Waals surface area contributed by atoms with Crippen molar-refractivity contribution in [2.75, 3.05) is 11.1 Å². The molecule has 0 radical (unpaired) electrons. The summed E-state index contributed by atoms with van der Waals surface area (Å²) < 4.78 is 1.65. The molecule has 2 N–H and O–H groups in total. The zero-order valence-electron chi connectivity index (χ0n) is 20.1. The predicted molar refractivity (Wildman–Crippen MR) is 148 cm³/mol. The highest BCUT2D eigenvalue weighted by Crippen LogP contribution is 2.34. The molecule has 1 aliphatic carbocycles. The second-order valence-electron chi connectivity index (χ2n) is 9.14. The average molecular weight is 531 g/mol. The molecule has 0 saturated heterocycles. The fourth-order valence-electron chi connectivity index (χ4n) is 4.70. The normalized spacial score (nSPS) is 13.9. The van der Waals surface area contributed by atoms with Gasteiger partial charge < -0.3 is 10.4 Å². The number of benzene rings is 3. The topological polar surface area (TPSA) is 96.4 Å². The molecule has 0 unspecified atom stereocenters. The van der Waals surface area contributed by atoms with Crippen molar-refractivity contribution in [2.24, 2.45) is 0 Å². The third-order valence-electron chi connectivity index (χ3n) is 6.66. The van der Waals surface area contributed by atoms with Crippen LogP contribution in [0.4, 0.5) is 5.69 Å². The first-order chi connectivity index (χ1) is 18.0. The Bertz CT molecular complexity index is 1460. The largest absolute Gasteiger partial charge is 0.478 e. The van der Waals surface area contributed by atoms with Crippen LogP contribution in [0.25, 0.3) is 10.2 Å². The lowest BCUT2D eigenvalue weighted by molar-refractivity contribution is 0.0692. The van der Waals surface area contributed by atoms with Crippen molar-refractivity contribution in [2.45, 2.75) is 42.4 Å². The van der Waals surface area contributed by atoms with Gasteiger partial charge in [-0.15, -0.1) is 11.3 Å². The zero-order chi connectivity index (χ0) is 25.8. The quantitative estimate of drug-likeness (QED) is 0.184. The Morgan fingerprint density at radius 3 is 2.41 bits per heavy atom. The number of carboxylic acid groups (broad SMARTS) is 1. The lowest BCUT2D eigenvalue weighted by Gasteiger charge is -2.22. The lowest BCUT2D eigenvalue weighted by atomic mass is 9.84. The molecule has 4 aromatic rings. The van der Waals surface area contributed by atoms with E-state index in [1.54, 1.807) is 24.3 Å². The van der Waals surface area contributed by atoms with E-state index in [0.29, 0.717) is 17.4 Å². The number of thioether (sulfide) groups is 1. The third kappa shape index (κ3) is 5.92. The Hall–Kier alpha value is -3.49. The number of amides is 1. The summed E-state index contributed by atoms with van der Waals surface area (Å²) in [5.41, 5.74) is 3.43. The maximum Gasteiger partial charge on any atom is 0.336 e. The molecular weight excluding hydrogens is 504 g/mol. The number of hydrogen-bond acceptors (Lipinski definition) is 6. The molecule has 37 heavy (non-hydrogen) atoms. The van der Waals surface area contributed by atoms with Crippen LogP contribution >= 0.6 is 23.1 Å². The number of Topliss-reactive ketones (excluding diaryl/α,β-unsaturated/α-hetero) is 1. The summed E-state index contributed by atoms with van der Waals surface area (Å²) in [5.74, 6) is -0.643. The predicted octanol–water partition coefficient (Wildman–Crippen LogP) is 7.27. The zero-order valence-corrected chi connectivity index (χ0v) is 21.7. The molecule has 0 bridgehead atoms. The standard InChI is InChI=1S/C29H26N2O4S2/c32-25(20-12-10-19(11-13-20)18-6-2-1-3-7-18)17-36-29-31-24-15-14-21(16-26(24)37-29)30-27(33)22-8-4-5-9-23(22)28(34)35/h4-5,8-16,18H,1-3,6-7,17H2,(H,30,33)(H,34,35). The van der Waals surface area contributed by atoms with Crippen LogP contribution in [0.1, 0.15) is 74.7 Å². The second-order valence-corrected chi connectivity index (χ2v) is 11.4. The van der Waals surface area contributed by atoms with Gasteiger partial charge in [0.2, 0.25) is 0 Å². The Labute approximate surface area is 223 Å². The number of anilines is 1. The maximum atomic E-state index is 12.8. The Morgan fingerprint density at radius 1 is 0.946 bits per heavy atom. The number of aromatic nitrogens is 1. The van der Waals surface area contributed by atoms with Crippen molar-refractivity contribution >= 4 is 56.7 Å². The number of carboxylic acids is 1. The van der Waals surface area contributed by atoms with Gasteiger partial charge in [-0.3, -0.25) is 9.59 Å². The summed E-state index contributed by atoms with van der Waals surface area (Å²) in [7, 11) is 0.